The standard InChI is InChI=1S/C12H15N3O4.ClH/c16-10-8(11(17)18)5-15(12(19)13-10)9-6-14-3-1-7(9)2-4-14;/h5,7,9H,1-4,6H2,(H,17,18)(H,13,16,19);1H. The maximum Gasteiger partial charge on any atom is 0.342 e. The average molecular weight is 302 g/mol. The molecule has 2 N–H and O–H groups in total. The van der Waals surface area contributed by atoms with Gasteiger partial charge in [0.25, 0.3) is 5.56 Å². The van der Waals surface area contributed by atoms with Crippen molar-refractivity contribution in [1.82, 2.24) is 14.5 Å². The zero-order chi connectivity index (χ0) is 13.6. The highest BCUT2D eigenvalue weighted by Crippen LogP contribution is 2.34. The first-order valence-corrected chi connectivity index (χ1v) is 6.37. The Morgan fingerprint density at radius 2 is 1.95 bits per heavy atom. The summed E-state index contributed by atoms with van der Waals surface area (Å²) < 4.78 is 1.39. The van der Waals surface area contributed by atoms with Crippen LogP contribution in [-0.2, 0) is 0 Å². The number of rotatable bonds is 2. The zero-order valence-electron chi connectivity index (χ0n) is 10.7. The minimum Gasteiger partial charge on any atom is -0.477 e. The minimum absolute atomic E-state index is 0. The number of nitrogens with one attached hydrogen (secondary N) is 1. The van der Waals surface area contributed by atoms with Crippen molar-refractivity contribution in [2.24, 2.45) is 5.92 Å². The molecule has 1 aromatic rings. The molecule has 1 atom stereocenters. The van der Waals surface area contributed by atoms with Crippen molar-refractivity contribution < 1.29 is 9.90 Å². The van der Waals surface area contributed by atoms with Crippen molar-refractivity contribution >= 4 is 18.4 Å². The number of carboxylic acids is 1. The molecule has 3 fully saturated rings. The Kier molecular flexibility index (Phi) is 4.01. The molecular formula is C12H16ClN3O4. The number of fused-ring (bicyclic) bond motifs is 3. The van der Waals surface area contributed by atoms with Gasteiger partial charge in [0.05, 0.1) is 6.04 Å². The summed E-state index contributed by atoms with van der Waals surface area (Å²) in [6, 6.07) is -0.0371. The molecule has 110 valence electrons. The first-order valence-electron chi connectivity index (χ1n) is 6.37. The summed E-state index contributed by atoms with van der Waals surface area (Å²) in [6.45, 7) is 2.81. The van der Waals surface area contributed by atoms with Gasteiger partial charge in [0, 0.05) is 12.7 Å². The summed E-state index contributed by atoms with van der Waals surface area (Å²) in [7, 11) is 0. The maximum absolute atomic E-state index is 11.9. The zero-order valence-corrected chi connectivity index (χ0v) is 11.6. The van der Waals surface area contributed by atoms with Gasteiger partial charge in [-0.05, 0) is 31.8 Å². The normalized spacial score (nSPS) is 27.9. The molecule has 20 heavy (non-hydrogen) atoms. The number of H-pyrrole nitrogens is 1. The quantitative estimate of drug-likeness (QED) is 0.797. The molecule has 0 saturated carbocycles. The van der Waals surface area contributed by atoms with Gasteiger partial charge in [-0.2, -0.15) is 0 Å². The molecule has 3 aliphatic heterocycles. The van der Waals surface area contributed by atoms with Crippen molar-refractivity contribution in [3.63, 3.8) is 0 Å². The fraction of sp³-hybridized carbons (Fsp3) is 0.583. The lowest BCUT2D eigenvalue weighted by Crippen LogP contribution is -2.51. The van der Waals surface area contributed by atoms with Gasteiger partial charge < -0.3 is 10.0 Å². The van der Waals surface area contributed by atoms with E-state index in [0.717, 1.165) is 32.5 Å². The van der Waals surface area contributed by atoms with E-state index in [2.05, 4.69) is 9.88 Å². The summed E-state index contributed by atoms with van der Waals surface area (Å²) in [5.41, 5.74) is -1.74. The molecule has 1 unspecified atom stereocenters. The van der Waals surface area contributed by atoms with Gasteiger partial charge in [-0.25, -0.2) is 9.59 Å². The molecule has 0 radical (unpaired) electrons. The van der Waals surface area contributed by atoms with Crippen LogP contribution in [0.3, 0.4) is 0 Å². The molecular weight excluding hydrogens is 286 g/mol. The Bertz CT molecular complexity index is 630. The molecule has 3 saturated heterocycles. The van der Waals surface area contributed by atoms with E-state index in [1.807, 2.05) is 0 Å². The third-order valence-corrected chi connectivity index (χ3v) is 4.18. The third kappa shape index (κ3) is 2.38. The first kappa shape index (κ1) is 14.8. The lowest BCUT2D eigenvalue weighted by atomic mass is 9.84. The highest BCUT2D eigenvalue weighted by molar-refractivity contribution is 5.86. The van der Waals surface area contributed by atoms with E-state index < -0.39 is 17.2 Å². The van der Waals surface area contributed by atoms with Crippen LogP contribution in [0.5, 0.6) is 0 Å². The number of halogens is 1. The van der Waals surface area contributed by atoms with Crippen LogP contribution in [-0.4, -0.2) is 45.2 Å². The largest absolute Gasteiger partial charge is 0.477 e. The lowest BCUT2D eigenvalue weighted by Gasteiger charge is -2.45. The van der Waals surface area contributed by atoms with Crippen molar-refractivity contribution in [1.29, 1.82) is 0 Å². The molecule has 1 aromatic heterocycles. The first-order chi connectivity index (χ1) is 9.06. The number of carbonyl (C=O) groups is 1. The number of hydrogen-bond acceptors (Lipinski definition) is 4. The third-order valence-electron chi connectivity index (χ3n) is 4.18. The van der Waals surface area contributed by atoms with E-state index in [4.69, 9.17) is 5.11 Å². The van der Waals surface area contributed by atoms with Crippen LogP contribution in [0.4, 0.5) is 0 Å². The number of aromatic nitrogens is 2. The average Bonchev–Trinajstić information content (AvgIpc) is 2.39. The monoisotopic (exact) mass is 301 g/mol. The SMILES string of the molecule is Cl.O=C(O)c1cn(C2CN3CCC2CC3)c(=O)[nH]c1=O. The molecule has 7 nitrogen and oxygen atoms in total. The summed E-state index contributed by atoms with van der Waals surface area (Å²) in [4.78, 5) is 38.6. The van der Waals surface area contributed by atoms with Gasteiger partial charge in [0.15, 0.2) is 0 Å². The molecule has 3 aliphatic rings. The highest BCUT2D eigenvalue weighted by atomic mass is 35.5. The van der Waals surface area contributed by atoms with Crippen LogP contribution in [0, 0.1) is 5.92 Å². The fourth-order valence-electron chi connectivity index (χ4n) is 3.13. The van der Waals surface area contributed by atoms with Crippen LogP contribution in [0.2, 0.25) is 0 Å². The summed E-state index contributed by atoms with van der Waals surface area (Å²) in [5.74, 6) is -0.925. The molecule has 4 rings (SSSR count). The van der Waals surface area contributed by atoms with E-state index >= 15 is 0 Å². The number of aromatic carboxylic acids is 1. The second kappa shape index (κ2) is 5.41. The van der Waals surface area contributed by atoms with Crippen molar-refractivity contribution in [3.05, 3.63) is 32.6 Å². The van der Waals surface area contributed by atoms with E-state index in [-0.39, 0.29) is 24.0 Å². The number of nitrogens with zero attached hydrogens (tertiary/aromatic N) is 2. The van der Waals surface area contributed by atoms with Crippen LogP contribution < -0.4 is 11.2 Å². The van der Waals surface area contributed by atoms with Crippen LogP contribution in [0.25, 0.3) is 0 Å². The summed E-state index contributed by atoms with van der Waals surface area (Å²) >= 11 is 0. The van der Waals surface area contributed by atoms with Gasteiger partial charge in [-0.15, -0.1) is 12.4 Å². The number of piperidine rings is 3. The van der Waals surface area contributed by atoms with Gasteiger partial charge >= 0.3 is 11.7 Å². The molecule has 0 aliphatic carbocycles. The highest BCUT2D eigenvalue weighted by Gasteiger charge is 2.36. The summed E-state index contributed by atoms with van der Waals surface area (Å²) in [5, 5.41) is 8.97. The van der Waals surface area contributed by atoms with Gasteiger partial charge in [0.1, 0.15) is 5.56 Å². The van der Waals surface area contributed by atoms with Crippen LogP contribution in [0.1, 0.15) is 29.2 Å². The number of carboxylic acid groups (broad SMARTS) is 1. The van der Waals surface area contributed by atoms with Crippen LogP contribution >= 0.6 is 12.4 Å². The van der Waals surface area contributed by atoms with E-state index in [1.54, 1.807) is 0 Å². The van der Waals surface area contributed by atoms with Crippen molar-refractivity contribution in [2.75, 3.05) is 19.6 Å². The fourth-order valence-corrected chi connectivity index (χ4v) is 3.13. The Labute approximate surface area is 120 Å². The van der Waals surface area contributed by atoms with Gasteiger partial charge in [-0.1, -0.05) is 0 Å². The Balaban J connectivity index is 0.00000147. The second-order valence-corrected chi connectivity index (χ2v) is 5.22. The number of hydrogen-bond donors (Lipinski definition) is 2. The van der Waals surface area contributed by atoms with E-state index in [9.17, 15) is 14.4 Å². The second-order valence-electron chi connectivity index (χ2n) is 5.22. The van der Waals surface area contributed by atoms with Crippen molar-refractivity contribution in [2.45, 2.75) is 18.9 Å². The number of aromatic amines is 1. The van der Waals surface area contributed by atoms with E-state index in [0.29, 0.717) is 5.92 Å². The van der Waals surface area contributed by atoms with Gasteiger partial charge in [0.2, 0.25) is 0 Å². The Morgan fingerprint density at radius 3 is 2.45 bits per heavy atom. The molecule has 0 spiro atoms. The Morgan fingerprint density at radius 1 is 1.30 bits per heavy atom. The maximum atomic E-state index is 11.9. The van der Waals surface area contributed by atoms with Crippen molar-refractivity contribution in [3.8, 4) is 0 Å². The predicted octanol–water partition coefficient (Wildman–Crippen LogP) is -0.0767. The van der Waals surface area contributed by atoms with E-state index in [1.165, 1.54) is 10.8 Å². The Hall–Kier alpha value is -1.60. The lowest BCUT2D eigenvalue weighted by molar-refractivity contribution is 0.0539. The molecule has 8 heteroatoms. The molecule has 2 bridgehead atoms. The summed E-state index contributed by atoms with van der Waals surface area (Å²) in [6.07, 6.45) is 3.22. The predicted molar refractivity (Wildman–Crippen MR) is 73.7 cm³/mol. The van der Waals surface area contributed by atoms with Crippen LogP contribution in [0.15, 0.2) is 15.8 Å². The molecule has 4 heterocycles. The van der Waals surface area contributed by atoms with Gasteiger partial charge in [-0.3, -0.25) is 14.3 Å². The molecule has 0 amide bonds. The smallest absolute Gasteiger partial charge is 0.342 e. The molecule has 0 aromatic carbocycles. The topological polar surface area (TPSA) is 95.4 Å². The minimum atomic E-state index is -1.31.